The minimum absolute atomic E-state index is 0.395. The van der Waals surface area contributed by atoms with Gasteiger partial charge in [0.05, 0.1) is 17.9 Å². The summed E-state index contributed by atoms with van der Waals surface area (Å²) < 4.78 is 7.04. The first-order chi connectivity index (χ1) is 8.88. The quantitative estimate of drug-likeness (QED) is 0.769. The highest BCUT2D eigenvalue weighted by atomic mass is 32.1. The summed E-state index contributed by atoms with van der Waals surface area (Å²) in [6, 6.07) is 0. The molecule has 0 atom stereocenters. The number of nitrogens with two attached hydrogens (primary N) is 1. The molecule has 0 amide bonds. The van der Waals surface area contributed by atoms with E-state index in [-0.39, 0.29) is 0 Å². The van der Waals surface area contributed by atoms with Gasteiger partial charge in [-0.3, -0.25) is 4.68 Å². The molecule has 0 saturated carbocycles. The number of methoxy groups -OCH3 is 1. The molecule has 0 saturated heterocycles. The van der Waals surface area contributed by atoms with Crippen LogP contribution in [0.2, 0.25) is 0 Å². The molecule has 19 heavy (non-hydrogen) atoms. The second-order valence-corrected chi connectivity index (χ2v) is 5.54. The van der Waals surface area contributed by atoms with Crippen molar-refractivity contribution in [1.29, 1.82) is 0 Å². The zero-order valence-corrected chi connectivity index (χ0v) is 13.3. The van der Waals surface area contributed by atoms with Crippen molar-refractivity contribution in [1.82, 2.24) is 9.78 Å². The fraction of sp³-hybridized carbons (Fsp3) is 0.692. The third kappa shape index (κ3) is 3.91. The van der Waals surface area contributed by atoms with Crippen LogP contribution in [-0.2, 0) is 11.8 Å². The number of rotatable bonds is 7. The van der Waals surface area contributed by atoms with Gasteiger partial charge in [-0.05, 0) is 12.8 Å². The van der Waals surface area contributed by atoms with E-state index in [1.807, 2.05) is 18.7 Å². The maximum absolute atomic E-state index is 5.85. The van der Waals surface area contributed by atoms with Crippen LogP contribution in [0.1, 0.15) is 25.1 Å². The molecule has 0 aliphatic carbocycles. The second kappa shape index (κ2) is 6.86. The predicted octanol–water partition coefficient (Wildman–Crippen LogP) is 1.47. The molecule has 1 rings (SSSR count). The van der Waals surface area contributed by atoms with Gasteiger partial charge in [-0.1, -0.05) is 26.1 Å². The zero-order valence-electron chi connectivity index (χ0n) is 12.4. The van der Waals surface area contributed by atoms with Gasteiger partial charge in [0, 0.05) is 27.2 Å². The molecule has 6 heteroatoms. The molecule has 0 aromatic carbocycles. The summed E-state index contributed by atoms with van der Waals surface area (Å²) >= 11 is 5.16. The summed E-state index contributed by atoms with van der Waals surface area (Å²) in [5.41, 5.74) is 7.59. The van der Waals surface area contributed by atoms with E-state index in [0.29, 0.717) is 17.5 Å². The number of thiocarbonyl (C=S) groups is 1. The molecule has 0 radical (unpaired) electrons. The Labute approximate surface area is 120 Å². The van der Waals surface area contributed by atoms with Crippen molar-refractivity contribution in [3.05, 3.63) is 11.3 Å². The fourth-order valence-corrected chi connectivity index (χ4v) is 2.46. The summed E-state index contributed by atoms with van der Waals surface area (Å²) in [5, 5.41) is 4.44. The van der Waals surface area contributed by atoms with E-state index in [9.17, 15) is 0 Å². The average Bonchev–Trinajstić information content (AvgIpc) is 2.59. The zero-order chi connectivity index (χ0) is 14.6. The van der Waals surface area contributed by atoms with Gasteiger partial charge < -0.3 is 15.4 Å². The van der Waals surface area contributed by atoms with Crippen LogP contribution in [-0.4, -0.2) is 41.6 Å². The number of aromatic nitrogens is 2. The lowest BCUT2D eigenvalue weighted by Gasteiger charge is -2.27. The molecule has 1 heterocycles. The maximum atomic E-state index is 5.85. The fourth-order valence-electron chi connectivity index (χ4n) is 2.22. The summed E-state index contributed by atoms with van der Waals surface area (Å²) in [6.45, 7) is 8.67. The van der Waals surface area contributed by atoms with Gasteiger partial charge in [-0.15, -0.1) is 0 Å². The SMILES string of the molecule is COCCN(CC(C)C)c1c(C(N)=S)c(C)nn1C. The van der Waals surface area contributed by atoms with Gasteiger partial charge in [0.25, 0.3) is 0 Å². The number of hydrogen-bond donors (Lipinski definition) is 1. The number of aryl methyl sites for hydroxylation is 2. The van der Waals surface area contributed by atoms with Gasteiger partial charge in [0.15, 0.2) is 0 Å². The van der Waals surface area contributed by atoms with Crippen molar-refractivity contribution >= 4 is 23.0 Å². The van der Waals surface area contributed by atoms with Crippen LogP contribution >= 0.6 is 12.2 Å². The van der Waals surface area contributed by atoms with Gasteiger partial charge >= 0.3 is 0 Å². The first-order valence-electron chi connectivity index (χ1n) is 6.45. The van der Waals surface area contributed by atoms with E-state index in [2.05, 4.69) is 23.8 Å². The number of anilines is 1. The molecule has 0 aliphatic heterocycles. The molecular formula is C13H24N4OS. The molecule has 0 unspecified atom stereocenters. The molecule has 1 aromatic rings. The summed E-state index contributed by atoms with van der Waals surface area (Å²) in [7, 11) is 3.63. The van der Waals surface area contributed by atoms with E-state index in [1.54, 1.807) is 7.11 Å². The van der Waals surface area contributed by atoms with E-state index in [4.69, 9.17) is 22.7 Å². The lowest BCUT2D eigenvalue weighted by atomic mass is 10.1. The van der Waals surface area contributed by atoms with Gasteiger partial charge in [0.1, 0.15) is 10.8 Å². The normalized spacial score (nSPS) is 11.1. The minimum atomic E-state index is 0.395. The highest BCUT2D eigenvalue weighted by molar-refractivity contribution is 7.80. The Kier molecular flexibility index (Phi) is 5.75. The first kappa shape index (κ1) is 15.9. The minimum Gasteiger partial charge on any atom is -0.389 e. The second-order valence-electron chi connectivity index (χ2n) is 5.10. The third-order valence-corrected chi connectivity index (χ3v) is 3.09. The topological polar surface area (TPSA) is 56.3 Å². The van der Waals surface area contributed by atoms with Crippen molar-refractivity contribution in [2.45, 2.75) is 20.8 Å². The van der Waals surface area contributed by atoms with Crippen molar-refractivity contribution in [3.63, 3.8) is 0 Å². The lowest BCUT2D eigenvalue weighted by molar-refractivity contribution is 0.204. The third-order valence-electron chi connectivity index (χ3n) is 2.89. The Morgan fingerprint density at radius 1 is 1.53 bits per heavy atom. The Bertz CT molecular complexity index is 442. The highest BCUT2D eigenvalue weighted by Gasteiger charge is 2.21. The van der Waals surface area contributed by atoms with Crippen LogP contribution in [0.5, 0.6) is 0 Å². The van der Waals surface area contributed by atoms with Crippen molar-refractivity contribution < 1.29 is 4.74 Å². The number of ether oxygens (including phenoxy) is 1. The van der Waals surface area contributed by atoms with Crippen molar-refractivity contribution in [2.24, 2.45) is 18.7 Å². The monoisotopic (exact) mass is 284 g/mol. The maximum Gasteiger partial charge on any atom is 0.137 e. The summed E-state index contributed by atoms with van der Waals surface area (Å²) in [6.07, 6.45) is 0. The van der Waals surface area contributed by atoms with E-state index < -0.39 is 0 Å². The number of nitrogens with zero attached hydrogens (tertiary/aromatic N) is 3. The van der Waals surface area contributed by atoms with Crippen LogP contribution in [0.25, 0.3) is 0 Å². The molecular weight excluding hydrogens is 260 g/mol. The van der Waals surface area contributed by atoms with Crippen molar-refractivity contribution in [3.8, 4) is 0 Å². The Balaban J connectivity index is 3.16. The molecule has 1 aromatic heterocycles. The first-order valence-corrected chi connectivity index (χ1v) is 6.86. The molecule has 0 fully saturated rings. The van der Waals surface area contributed by atoms with Crippen LogP contribution in [0, 0.1) is 12.8 Å². The van der Waals surface area contributed by atoms with Crippen LogP contribution in [0.15, 0.2) is 0 Å². The number of hydrogen-bond acceptors (Lipinski definition) is 4. The Morgan fingerprint density at radius 2 is 2.16 bits per heavy atom. The lowest BCUT2D eigenvalue weighted by Crippen LogP contribution is -2.34. The summed E-state index contributed by atoms with van der Waals surface area (Å²) in [4.78, 5) is 2.63. The van der Waals surface area contributed by atoms with Crippen molar-refractivity contribution in [2.75, 3.05) is 31.7 Å². The average molecular weight is 284 g/mol. The standard InChI is InChI=1S/C13H24N4OS/c1-9(2)8-17(6-7-18-5)13-11(12(14)19)10(3)15-16(13)4/h9H,6-8H2,1-5H3,(H2,14,19). The van der Waals surface area contributed by atoms with Crippen LogP contribution in [0.4, 0.5) is 5.82 Å². The summed E-state index contributed by atoms with van der Waals surface area (Å²) in [5.74, 6) is 1.52. The molecule has 108 valence electrons. The molecule has 0 aliphatic rings. The van der Waals surface area contributed by atoms with Gasteiger partial charge in [-0.2, -0.15) is 5.10 Å². The highest BCUT2D eigenvalue weighted by Crippen LogP contribution is 2.24. The molecule has 2 N–H and O–H groups in total. The van der Waals surface area contributed by atoms with Crippen LogP contribution in [0.3, 0.4) is 0 Å². The van der Waals surface area contributed by atoms with E-state index in [0.717, 1.165) is 30.2 Å². The Hall–Kier alpha value is -1.14. The molecule has 0 spiro atoms. The van der Waals surface area contributed by atoms with E-state index in [1.165, 1.54) is 0 Å². The van der Waals surface area contributed by atoms with Crippen LogP contribution < -0.4 is 10.6 Å². The predicted molar refractivity (Wildman–Crippen MR) is 82.8 cm³/mol. The molecule has 5 nitrogen and oxygen atoms in total. The van der Waals surface area contributed by atoms with E-state index >= 15 is 0 Å². The largest absolute Gasteiger partial charge is 0.389 e. The van der Waals surface area contributed by atoms with Gasteiger partial charge in [0.2, 0.25) is 0 Å². The Morgan fingerprint density at radius 3 is 2.63 bits per heavy atom. The molecule has 0 bridgehead atoms. The van der Waals surface area contributed by atoms with Gasteiger partial charge in [-0.25, -0.2) is 0 Å². The smallest absolute Gasteiger partial charge is 0.137 e.